The lowest BCUT2D eigenvalue weighted by Gasteiger charge is -2.33. The van der Waals surface area contributed by atoms with E-state index in [-0.39, 0.29) is 17.9 Å². The SMILES string of the molecule is COC(=O)c1ccc(N2C(=O)CCCC2C)cc1. The quantitative estimate of drug-likeness (QED) is 0.754. The standard InChI is InChI=1S/C14H17NO3/c1-10-4-3-5-13(16)15(10)12-8-6-11(7-9-12)14(17)18-2/h6-10H,3-5H2,1-2H3. The van der Waals surface area contributed by atoms with Crippen LogP contribution in [0.1, 0.15) is 36.5 Å². The summed E-state index contributed by atoms with van der Waals surface area (Å²) in [6, 6.07) is 7.19. The normalized spacial score (nSPS) is 19.8. The third-order valence-corrected chi connectivity index (χ3v) is 3.29. The first-order valence-electron chi connectivity index (χ1n) is 6.14. The van der Waals surface area contributed by atoms with Crippen LogP contribution < -0.4 is 4.90 Å². The summed E-state index contributed by atoms with van der Waals surface area (Å²) in [5.41, 5.74) is 1.35. The van der Waals surface area contributed by atoms with E-state index in [0.29, 0.717) is 12.0 Å². The van der Waals surface area contributed by atoms with Gasteiger partial charge in [-0.05, 0) is 44.0 Å². The van der Waals surface area contributed by atoms with Crippen LogP contribution in [0.4, 0.5) is 5.69 Å². The maximum absolute atomic E-state index is 11.9. The monoisotopic (exact) mass is 247 g/mol. The zero-order valence-electron chi connectivity index (χ0n) is 10.7. The van der Waals surface area contributed by atoms with Gasteiger partial charge in [0.1, 0.15) is 0 Å². The van der Waals surface area contributed by atoms with Gasteiger partial charge in [0.05, 0.1) is 12.7 Å². The minimum Gasteiger partial charge on any atom is -0.465 e. The minimum atomic E-state index is -0.362. The molecule has 1 aromatic carbocycles. The van der Waals surface area contributed by atoms with Crippen LogP contribution >= 0.6 is 0 Å². The van der Waals surface area contributed by atoms with E-state index in [2.05, 4.69) is 4.74 Å². The van der Waals surface area contributed by atoms with E-state index in [0.717, 1.165) is 18.5 Å². The third-order valence-electron chi connectivity index (χ3n) is 3.29. The smallest absolute Gasteiger partial charge is 0.337 e. The number of amides is 1. The van der Waals surface area contributed by atoms with Gasteiger partial charge in [0, 0.05) is 18.2 Å². The molecule has 1 heterocycles. The summed E-state index contributed by atoms with van der Waals surface area (Å²) >= 11 is 0. The van der Waals surface area contributed by atoms with Gasteiger partial charge in [-0.2, -0.15) is 0 Å². The summed E-state index contributed by atoms with van der Waals surface area (Å²) in [7, 11) is 1.35. The van der Waals surface area contributed by atoms with Crippen molar-refractivity contribution in [1.82, 2.24) is 0 Å². The number of nitrogens with zero attached hydrogens (tertiary/aromatic N) is 1. The fourth-order valence-electron chi connectivity index (χ4n) is 2.32. The molecule has 1 amide bonds. The Morgan fingerprint density at radius 1 is 1.33 bits per heavy atom. The molecule has 1 atom stereocenters. The Morgan fingerprint density at radius 2 is 2.00 bits per heavy atom. The van der Waals surface area contributed by atoms with E-state index in [1.165, 1.54) is 7.11 Å². The third kappa shape index (κ3) is 2.37. The van der Waals surface area contributed by atoms with Crippen molar-refractivity contribution in [2.75, 3.05) is 12.0 Å². The van der Waals surface area contributed by atoms with Crippen LogP contribution in [-0.4, -0.2) is 25.0 Å². The van der Waals surface area contributed by atoms with Gasteiger partial charge in [-0.15, -0.1) is 0 Å². The van der Waals surface area contributed by atoms with E-state index in [1.807, 2.05) is 11.8 Å². The average molecular weight is 247 g/mol. The fraction of sp³-hybridized carbons (Fsp3) is 0.429. The van der Waals surface area contributed by atoms with Gasteiger partial charge < -0.3 is 9.64 Å². The van der Waals surface area contributed by atoms with E-state index in [9.17, 15) is 9.59 Å². The topological polar surface area (TPSA) is 46.6 Å². The number of hydrogen-bond acceptors (Lipinski definition) is 3. The molecule has 96 valence electrons. The van der Waals surface area contributed by atoms with E-state index < -0.39 is 0 Å². The lowest BCUT2D eigenvalue weighted by molar-refractivity contribution is -0.120. The van der Waals surface area contributed by atoms with Gasteiger partial charge in [0.25, 0.3) is 0 Å². The second-order valence-electron chi connectivity index (χ2n) is 4.54. The molecule has 1 unspecified atom stereocenters. The summed E-state index contributed by atoms with van der Waals surface area (Å²) in [5.74, 6) is -0.209. The van der Waals surface area contributed by atoms with Gasteiger partial charge in [0.15, 0.2) is 0 Å². The summed E-state index contributed by atoms with van der Waals surface area (Å²) in [6.45, 7) is 2.05. The number of ether oxygens (including phenoxy) is 1. The molecule has 1 aromatic rings. The Morgan fingerprint density at radius 3 is 2.56 bits per heavy atom. The van der Waals surface area contributed by atoms with E-state index >= 15 is 0 Å². The zero-order valence-corrected chi connectivity index (χ0v) is 10.7. The van der Waals surface area contributed by atoms with Gasteiger partial charge in [0.2, 0.25) is 5.91 Å². The molecule has 0 bridgehead atoms. The highest BCUT2D eigenvalue weighted by molar-refractivity contribution is 5.95. The maximum atomic E-state index is 11.9. The molecule has 1 saturated heterocycles. The second kappa shape index (κ2) is 5.21. The highest BCUT2D eigenvalue weighted by atomic mass is 16.5. The van der Waals surface area contributed by atoms with Crippen molar-refractivity contribution in [3.05, 3.63) is 29.8 Å². The van der Waals surface area contributed by atoms with Crippen LogP contribution in [0, 0.1) is 0 Å². The molecule has 0 spiro atoms. The number of anilines is 1. The van der Waals surface area contributed by atoms with Crippen molar-refractivity contribution in [1.29, 1.82) is 0 Å². The highest BCUT2D eigenvalue weighted by Crippen LogP contribution is 2.25. The predicted molar refractivity (Wildman–Crippen MR) is 68.6 cm³/mol. The molecule has 1 aliphatic rings. The summed E-state index contributed by atoms with van der Waals surface area (Å²) in [6.07, 6.45) is 2.57. The van der Waals surface area contributed by atoms with Crippen molar-refractivity contribution < 1.29 is 14.3 Å². The van der Waals surface area contributed by atoms with Crippen molar-refractivity contribution in [3.63, 3.8) is 0 Å². The largest absolute Gasteiger partial charge is 0.465 e. The van der Waals surface area contributed by atoms with Gasteiger partial charge in [-0.3, -0.25) is 4.79 Å². The van der Waals surface area contributed by atoms with E-state index in [4.69, 9.17) is 0 Å². The summed E-state index contributed by atoms with van der Waals surface area (Å²) < 4.78 is 4.64. The Hall–Kier alpha value is -1.84. The molecule has 0 saturated carbocycles. The van der Waals surface area contributed by atoms with Crippen LogP contribution in [-0.2, 0) is 9.53 Å². The van der Waals surface area contributed by atoms with Crippen LogP contribution in [0.25, 0.3) is 0 Å². The molecular weight excluding hydrogens is 230 g/mol. The first-order chi connectivity index (χ1) is 8.63. The van der Waals surface area contributed by atoms with Gasteiger partial charge in [-0.25, -0.2) is 4.79 Å². The average Bonchev–Trinajstić information content (AvgIpc) is 2.38. The number of carbonyl (C=O) groups is 2. The number of methoxy groups -OCH3 is 1. The molecule has 18 heavy (non-hydrogen) atoms. The number of piperidine rings is 1. The lowest BCUT2D eigenvalue weighted by Crippen LogP contribution is -2.42. The molecule has 0 N–H and O–H groups in total. The summed E-state index contributed by atoms with van der Waals surface area (Å²) in [5, 5.41) is 0. The fourth-order valence-corrected chi connectivity index (χ4v) is 2.32. The van der Waals surface area contributed by atoms with Crippen molar-refractivity contribution in [3.8, 4) is 0 Å². The molecule has 0 radical (unpaired) electrons. The zero-order chi connectivity index (χ0) is 13.1. The van der Waals surface area contributed by atoms with Crippen LogP contribution in [0.3, 0.4) is 0 Å². The van der Waals surface area contributed by atoms with Gasteiger partial charge >= 0.3 is 5.97 Å². The Bertz CT molecular complexity index is 453. The molecule has 0 aromatic heterocycles. The maximum Gasteiger partial charge on any atom is 0.337 e. The molecule has 2 rings (SSSR count). The van der Waals surface area contributed by atoms with Gasteiger partial charge in [-0.1, -0.05) is 0 Å². The Labute approximate surface area is 107 Å². The Kier molecular flexibility index (Phi) is 3.65. The molecule has 0 aliphatic carbocycles. The van der Waals surface area contributed by atoms with Crippen molar-refractivity contribution >= 4 is 17.6 Å². The lowest BCUT2D eigenvalue weighted by atomic mass is 10.0. The van der Waals surface area contributed by atoms with E-state index in [1.54, 1.807) is 24.3 Å². The van der Waals surface area contributed by atoms with Crippen LogP contribution in [0.5, 0.6) is 0 Å². The summed E-state index contributed by atoms with van der Waals surface area (Å²) in [4.78, 5) is 25.1. The molecule has 1 aliphatic heterocycles. The van der Waals surface area contributed by atoms with Crippen molar-refractivity contribution in [2.45, 2.75) is 32.2 Å². The number of benzene rings is 1. The first kappa shape index (κ1) is 12.6. The highest BCUT2D eigenvalue weighted by Gasteiger charge is 2.25. The van der Waals surface area contributed by atoms with Crippen LogP contribution in [0.2, 0.25) is 0 Å². The number of rotatable bonds is 2. The molecular formula is C14H17NO3. The second-order valence-corrected chi connectivity index (χ2v) is 4.54. The molecule has 1 fully saturated rings. The number of hydrogen-bond donors (Lipinski definition) is 0. The molecule has 4 heteroatoms. The van der Waals surface area contributed by atoms with Crippen molar-refractivity contribution in [2.24, 2.45) is 0 Å². The first-order valence-corrected chi connectivity index (χ1v) is 6.14. The predicted octanol–water partition coefficient (Wildman–Crippen LogP) is 2.38. The number of carbonyl (C=O) groups excluding carboxylic acids is 2. The van der Waals surface area contributed by atoms with Crippen LogP contribution in [0.15, 0.2) is 24.3 Å². The molecule has 4 nitrogen and oxygen atoms in total. The Balaban J connectivity index is 2.23. The minimum absolute atomic E-state index is 0.152. The number of esters is 1.